The minimum atomic E-state index is 0.889. The van der Waals surface area contributed by atoms with Gasteiger partial charge in [-0.05, 0) is 59.6 Å². The van der Waals surface area contributed by atoms with Gasteiger partial charge in [0.05, 0.1) is 11.6 Å². The van der Waals surface area contributed by atoms with Crippen LogP contribution in [-0.4, -0.2) is 20.2 Å². The maximum absolute atomic E-state index is 5.18. The van der Waals surface area contributed by atoms with Gasteiger partial charge in [-0.3, -0.25) is 0 Å². The fourth-order valence-corrected chi connectivity index (χ4v) is 1.99. The summed E-state index contributed by atoms with van der Waals surface area (Å²) in [7, 11) is 1.68. The van der Waals surface area contributed by atoms with Crippen molar-refractivity contribution in [1.82, 2.24) is 5.32 Å². The second kappa shape index (κ2) is 6.85. The standard InChI is InChI=1S/C12H18BrNO/c1-3-7-14-8-6-10-4-5-12(15-2)11(13)9-10/h4-5,9,14H,3,6-8H2,1-2H3. The van der Waals surface area contributed by atoms with E-state index in [1.807, 2.05) is 6.07 Å². The maximum Gasteiger partial charge on any atom is 0.133 e. The number of halogens is 1. The van der Waals surface area contributed by atoms with Gasteiger partial charge in [0, 0.05) is 0 Å². The Hall–Kier alpha value is -0.540. The van der Waals surface area contributed by atoms with E-state index >= 15 is 0 Å². The Balaban J connectivity index is 2.45. The summed E-state index contributed by atoms with van der Waals surface area (Å²) in [5.41, 5.74) is 1.33. The van der Waals surface area contributed by atoms with E-state index in [9.17, 15) is 0 Å². The third-order valence-electron chi connectivity index (χ3n) is 2.23. The molecule has 3 heteroatoms. The lowest BCUT2D eigenvalue weighted by molar-refractivity contribution is 0.412. The fourth-order valence-electron chi connectivity index (χ4n) is 1.40. The topological polar surface area (TPSA) is 21.3 Å². The van der Waals surface area contributed by atoms with Crippen LogP contribution in [0.2, 0.25) is 0 Å². The van der Waals surface area contributed by atoms with Crippen LogP contribution in [0.4, 0.5) is 0 Å². The zero-order valence-electron chi connectivity index (χ0n) is 9.35. The number of methoxy groups -OCH3 is 1. The zero-order valence-corrected chi connectivity index (χ0v) is 10.9. The van der Waals surface area contributed by atoms with Gasteiger partial charge >= 0.3 is 0 Å². The first kappa shape index (κ1) is 12.5. The molecule has 0 saturated heterocycles. The molecule has 0 fully saturated rings. The molecule has 0 saturated carbocycles. The molecule has 0 bridgehead atoms. The van der Waals surface area contributed by atoms with Crippen LogP contribution < -0.4 is 10.1 Å². The predicted molar refractivity (Wildman–Crippen MR) is 67.6 cm³/mol. The highest BCUT2D eigenvalue weighted by molar-refractivity contribution is 9.10. The molecule has 1 rings (SSSR count). The van der Waals surface area contributed by atoms with Gasteiger partial charge in [-0.2, -0.15) is 0 Å². The number of benzene rings is 1. The molecule has 1 aromatic rings. The van der Waals surface area contributed by atoms with E-state index in [1.54, 1.807) is 7.11 Å². The molecule has 0 unspecified atom stereocenters. The maximum atomic E-state index is 5.18. The first-order chi connectivity index (χ1) is 7.27. The van der Waals surface area contributed by atoms with Crippen molar-refractivity contribution in [2.24, 2.45) is 0 Å². The molecule has 0 spiro atoms. The summed E-state index contributed by atoms with van der Waals surface area (Å²) in [5, 5.41) is 3.39. The normalized spacial score (nSPS) is 10.3. The molecule has 84 valence electrons. The van der Waals surface area contributed by atoms with Gasteiger partial charge < -0.3 is 10.1 Å². The van der Waals surface area contributed by atoms with Crippen LogP contribution in [0.3, 0.4) is 0 Å². The highest BCUT2D eigenvalue weighted by Crippen LogP contribution is 2.25. The first-order valence-electron chi connectivity index (χ1n) is 5.31. The van der Waals surface area contributed by atoms with Crippen LogP contribution in [0.25, 0.3) is 0 Å². The summed E-state index contributed by atoms with van der Waals surface area (Å²) in [6.07, 6.45) is 2.24. The second-order valence-corrected chi connectivity index (χ2v) is 4.32. The Bertz CT molecular complexity index is 302. The highest BCUT2D eigenvalue weighted by atomic mass is 79.9. The zero-order chi connectivity index (χ0) is 11.1. The van der Waals surface area contributed by atoms with Gasteiger partial charge in [-0.15, -0.1) is 0 Å². The van der Waals surface area contributed by atoms with Crippen molar-refractivity contribution in [3.8, 4) is 5.75 Å². The molecular weight excluding hydrogens is 254 g/mol. The quantitative estimate of drug-likeness (QED) is 0.804. The first-order valence-corrected chi connectivity index (χ1v) is 6.10. The summed E-state index contributed by atoms with van der Waals surface area (Å²) in [6.45, 7) is 4.31. The largest absolute Gasteiger partial charge is 0.496 e. The average Bonchev–Trinajstić information content (AvgIpc) is 2.25. The SMILES string of the molecule is CCCNCCc1ccc(OC)c(Br)c1. The molecule has 0 aliphatic carbocycles. The van der Waals surface area contributed by atoms with E-state index in [1.165, 1.54) is 12.0 Å². The molecule has 0 atom stereocenters. The predicted octanol–water partition coefficient (Wildman–Crippen LogP) is 3.00. The molecule has 0 aromatic heterocycles. The number of hydrogen-bond acceptors (Lipinski definition) is 2. The molecule has 0 aliphatic rings. The van der Waals surface area contributed by atoms with E-state index < -0.39 is 0 Å². The fraction of sp³-hybridized carbons (Fsp3) is 0.500. The van der Waals surface area contributed by atoms with Crippen LogP contribution in [-0.2, 0) is 6.42 Å². The van der Waals surface area contributed by atoms with Crippen molar-refractivity contribution in [3.05, 3.63) is 28.2 Å². The molecule has 0 aliphatic heterocycles. The van der Waals surface area contributed by atoms with Gasteiger partial charge in [-0.1, -0.05) is 13.0 Å². The number of hydrogen-bond donors (Lipinski definition) is 1. The summed E-state index contributed by atoms with van der Waals surface area (Å²) < 4.78 is 6.21. The monoisotopic (exact) mass is 271 g/mol. The Morgan fingerprint density at radius 2 is 2.13 bits per heavy atom. The molecule has 0 radical (unpaired) electrons. The average molecular weight is 272 g/mol. The van der Waals surface area contributed by atoms with Gasteiger partial charge in [0.15, 0.2) is 0 Å². The van der Waals surface area contributed by atoms with Gasteiger partial charge in [-0.25, -0.2) is 0 Å². The smallest absolute Gasteiger partial charge is 0.133 e. The summed E-state index contributed by atoms with van der Waals surface area (Å²) in [5.74, 6) is 0.889. The van der Waals surface area contributed by atoms with Crippen LogP contribution in [0, 0.1) is 0 Å². The number of rotatable bonds is 6. The Morgan fingerprint density at radius 1 is 1.33 bits per heavy atom. The Kier molecular flexibility index (Phi) is 5.73. The van der Waals surface area contributed by atoms with Gasteiger partial charge in [0.25, 0.3) is 0 Å². The number of ether oxygens (including phenoxy) is 1. The third kappa shape index (κ3) is 4.22. The Labute approximate surface area is 100 Å². The van der Waals surface area contributed by atoms with E-state index in [0.29, 0.717) is 0 Å². The van der Waals surface area contributed by atoms with Crippen LogP contribution in [0.5, 0.6) is 5.75 Å². The van der Waals surface area contributed by atoms with Crippen molar-refractivity contribution in [1.29, 1.82) is 0 Å². The molecule has 0 heterocycles. The van der Waals surface area contributed by atoms with Crippen molar-refractivity contribution in [2.45, 2.75) is 19.8 Å². The number of nitrogens with one attached hydrogen (secondary N) is 1. The van der Waals surface area contributed by atoms with E-state index in [4.69, 9.17) is 4.74 Å². The molecular formula is C12H18BrNO. The summed E-state index contributed by atoms with van der Waals surface area (Å²) in [4.78, 5) is 0. The lowest BCUT2D eigenvalue weighted by Crippen LogP contribution is -2.17. The molecule has 15 heavy (non-hydrogen) atoms. The molecule has 1 aromatic carbocycles. The van der Waals surface area contributed by atoms with Crippen LogP contribution in [0.15, 0.2) is 22.7 Å². The minimum Gasteiger partial charge on any atom is -0.496 e. The van der Waals surface area contributed by atoms with Crippen molar-refractivity contribution < 1.29 is 4.74 Å². The van der Waals surface area contributed by atoms with Crippen LogP contribution >= 0.6 is 15.9 Å². The van der Waals surface area contributed by atoms with Crippen molar-refractivity contribution >= 4 is 15.9 Å². The summed E-state index contributed by atoms with van der Waals surface area (Å²) in [6, 6.07) is 6.23. The molecule has 2 nitrogen and oxygen atoms in total. The van der Waals surface area contributed by atoms with E-state index in [2.05, 4.69) is 40.3 Å². The van der Waals surface area contributed by atoms with E-state index in [-0.39, 0.29) is 0 Å². The van der Waals surface area contributed by atoms with Crippen molar-refractivity contribution in [2.75, 3.05) is 20.2 Å². The lowest BCUT2D eigenvalue weighted by Gasteiger charge is -2.06. The van der Waals surface area contributed by atoms with Crippen LogP contribution in [0.1, 0.15) is 18.9 Å². The van der Waals surface area contributed by atoms with Gasteiger partial charge in [0.2, 0.25) is 0 Å². The Morgan fingerprint density at radius 3 is 2.73 bits per heavy atom. The van der Waals surface area contributed by atoms with Gasteiger partial charge in [0.1, 0.15) is 5.75 Å². The second-order valence-electron chi connectivity index (χ2n) is 3.47. The van der Waals surface area contributed by atoms with Crippen molar-refractivity contribution in [3.63, 3.8) is 0 Å². The lowest BCUT2D eigenvalue weighted by atomic mass is 10.1. The molecule has 0 amide bonds. The third-order valence-corrected chi connectivity index (χ3v) is 2.85. The van der Waals surface area contributed by atoms with E-state index in [0.717, 1.165) is 29.7 Å². The minimum absolute atomic E-state index is 0.889. The molecule has 1 N–H and O–H groups in total. The highest BCUT2D eigenvalue weighted by Gasteiger charge is 2.00. The summed E-state index contributed by atoms with van der Waals surface area (Å²) >= 11 is 3.48.